The first-order chi connectivity index (χ1) is 9.99. The summed E-state index contributed by atoms with van der Waals surface area (Å²) in [4.78, 5) is 12.5. The maximum Gasteiger partial charge on any atom is 0.305 e. The number of halogens is 3. The van der Waals surface area contributed by atoms with E-state index in [1.807, 2.05) is 6.92 Å². The molecule has 8 heteroatoms. The third-order valence-corrected chi connectivity index (χ3v) is 3.69. The van der Waals surface area contributed by atoms with Gasteiger partial charge in [0.25, 0.3) is 0 Å². The molecule has 0 unspecified atom stereocenters. The fraction of sp³-hybridized carbons (Fsp3) is 0.467. The molecule has 0 spiro atoms. The molecule has 1 N–H and O–H groups in total. The zero-order chi connectivity index (χ0) is 15.4. The van der Waals surface area contributed by atoms with E-state index in [4.69, 9.17) is 0 Å². The van der Waals surface area contributed by atoms with Crippen LogP contribution in [0.3, 0.4) is 0 Å². The Bertz CT molecular complexity index is 552. The largest absolute Gasteiger partial charge is 0.314 e. The smallest absolute Gasteiger partial charge is 0.305 e. The molecule has 23 heavy (non-hydrogen) atoms. The van der Waals surface area contributed by atoms with Crippen LogP contribution >= 0.6 is 24.8 Å². The van der Waals surface area contributed by atoms with Crippen molar-refractivity contribution in [2.75, 3.05) is 26.2 Å². The maximum atomic E-state index is 13.5. The number of rotatable bonds is 5. The molecular formula is C15H22Cl2FN3O2. The predicted octanol–water partition coefficient (Wildman–Crippen LogP) is 3.49. The summed E-state index contributed by atoms with van der Waals surface area (Å²) in [6.07, 6.45) is 0.711. The van der Waals surface area contributed by atoms with Crippen molar-refractivity contribution in [3.05, 3.63) is 51.8 Å². The van der Waals surface area contributed by atoms with Crippen LogP contribution in [0.2, 0.25) is 0 Å². The van der Waals surface area contributed by atoms with Gasteiger partial charge in [0.15, 0.2) is 0 Å². The number of nitro benzene ring substituents is 1. The van der Waals surface area contributed by atoms with E-state index in [0.29, 0.717) is 6.42 Å². The fourth-order valence-corrected chi connectivity index (χ4v) is 2.66. The zero-order valence-electron chi connectivity index (χ0n) is 13.0. The molecule has 1 aliphatic rings. The van der Waals surface area contributed by atoms with Crippen molar-refractivity contribution in [1.29, 1.82) is 0 Å². The third kappa shape index (κ3) is 5.73. The Balaban J connectivity index is 0.00000242. The highest BCUT2D eigenvalue weighted by atomic mass is 35.5. The first-order valence-electron chi connectivity index (χ1n) is 7.02. The molecule has 0 amide bonds. The lowest BCUT2D eigenvalue weighted by molar-refractivity contribution is -0.387. The van der Waals surface area contributed by atoms with Crippen molar-refractivity contribution in [3.63, 3.8) is 0 Å². The number of benzene rings is 1. The van der Waals surface area contributed by atoms with E-state index < -0.39 is 16.4 Å². The minimum Gasteiger partial charge on any atom is -0.314 e. The summed E-state index contributed by atoms with van der Waals surface area (Å²) >= 11 is 0. The fourth-order valence-electron chi connectivity index (χ4n) is 2.66. The van der Waals surface area contributed by atoms with Crippen LogP contribution in [-0.2, 0) is 0 Å². The molecule has 0 bridgehead atoms. The Morgan fingerprint density at radius 1 is 1.43 bits per heavy atom. The molecule has 1 aromatic carbocycles. The lowest BCUT2D eigenvalue weighted by Gasteiger charge is -2.35. The second-order valence-corrected chi connectivity index (χ2v) is 5.43. The molecule has 1 heterocycles. The molecule has 1 atom stereocenters. The average molecular weight is 366 g/mol. The SMILES string of the molecule is C=C(C)C[C@H](c1ccc(F)c([N+](=O)[O-])c1)N1CCNCC1.Cl.Cl. The Morgan fingerprint density at radius 3 is 2.57 bits per heavy atom. The van der Waals surface area contributed by atoms with E-state index in [1.54, 1.807) is 6.07 Å². The zero-order valence-corrected chi connectivity index (χ0v) is 14.6. The van der Waals surface area contributed by atoms with E-state index in [0.717, 1.165) is 37.3 Å². The van der Waals surface area contributed by atoms with Crippen molar-refractivity contribution in [1.82, 2.24) is 10.2 Å². The molecule has 130 valence electrons. The summed E-state index contributed by atoms with van der Waals surface area (Å²) in [5.74, 6) is -0.793. The number of hydrogen-bond donors (Lipinski definition) is 1. The monoisotopic (exact) mass is 365 g/mol. The van der Waals surface area contributed by atoms with Crippen LogP contribution < -0.4 is 5.32 Å². The predicted molar refractivity (Wildman–Crippen MR) is 94.2 cm³/mol. The summed E-state index contributed by atoms with van der Waals surface area (Å²) < 4.78 is 13.5. The van der Waals surface area contributed by atoms with Gasteiger partial charge in [-0.2, -0.15) is 4.39 Å². The molecule has 0 saturated carbocycles. The molecule has 0 aromatic heterocycles. The highest BCUT2D eigenvalue weighted by Gasteiger charge is 2.25. The van der Waals surface area contributed by atoms with Gasteiger partial charge in [0.1, 0.15) is 0 Å². The topological polar surface area (TPSA) is 58.4 Å². The van der Waals surface area contributed by atoms with E-state index in [9.17, 15) is 14.5 Å². The van der Waals surface area contributed by atoms with E-state index in [2.05, 4.69) is 16.8 Å². The van der Waals surface area contributed by atoms with E-state index >= 15 is 0 Å². The van der Waals surface area contributed by atoms with Gasteiger partial charge in [0.2, 0.25) is 5.82 Å². The van der Waals surface area contributed by atoms with Gasteiger partial charge in [-0.3, -0.25) is 15.0 Å². The van der Waals surface area contributed by atoms with Gasteiger partial charge >= 0.3 is 5.69 Å². The molecule has 1 saturated heterocycles. The van der Waals surface area contributed by atoms with Gasteiger partial charge < -0.3 is 5.32 Å². The number of hydrogen-bond acceptors (Lipinski definition) is 4. The van der Waals surface area contributed by atoms with Crippen LogP contribution in [0.4, 0.5) is 10.1 Å². The van der Waals surface area contributed by atoms with Crippen LogP contribution in [0.5, 0.6) is 0 Å². The molecule has 1 aliphatic heterocycles. The van der Waals surface area contributed by atoms with Gasteiger partial charge in [-0.1, -0.05) is 11.6 Å². The van der Waals surface area contributed by atoms with Gasteiger partial charge in [-0.25, -0.2) is 0 Å². The number of nitro groups is 1. The summed E-state index contributed by atoms with van der Waals surface area (Å²) in [5.41, 5.74) is 1.31. The molecule has 0 radical (unpaired) electrons. The van der Waals surface area contributed by atoms with Gasteiger partial charge in [0.05, 0.1) is 4.92 Å². The second-order valence-electron chi connectivity index (χ2n) is 5.43. The number of piperazine rings is 1. The Morgan fingerprint density at radius 2 is 2.04 bits per heavy atom. The maximum absolute atomic E-state index is 13.5. The van der Waals surface area contributed by atoms with E-state index in [-0.39, 0.29) is 30.9 Å². The Hall–Kier alpha value is -1.21. The van der Waals surface area contributed by atoms with Gasteiger partial charge in [-0.15, -0.1) is 31.4 Å². The van der Waals surface area contributed by atoms with Crippen LogP contribution in [0.15, 0.2) is 30.4 Å². The first-order valence-corrected chi connectivity index (χ1v) is 7.02. The summed E-state index contributed by atoms with van der Waals surface area (Å²) in [5, 5.41) is 14.2. The quantitative estimate of drug-likeness (QED) is 0.492. The summed E-state index contributed by atoms with van der Waals surface area (Å²) in [6, 6.07) is 4.17. The minimum atomic E-state index is -0.793. The number of nitrogens with one attached hydrogen (secondary N) is 1. The standard InChI is InChI=1S/C15H20FN3O2.2ClH/c1-11(2)9-14(18-7-5-17-6-8-18)12-3-4-13(16)15(10-12)19(20)21;;/h3-4,10,14,17H,1,5-9H2,2H3;2*1H/t14-;;/m1../s1. The Kier molecular flexibility index (Phi) is 9.31. The van der Waals surface area contributed by atoms with Gasteiger partial charge in [0, 0.05) is 38.3 Å². The molecule has 2 rings (SSSR count). The van der Waals surface area contributed by atoms with Crippen molar-refractivity contribution >= 4 is 30.5 Å². The highest BCUT2D eigenvalue weighted by Crippen LogP contribution is 2.30. The minimum absolute atomic E-state index is 0. The lowest BCUT2D eigenvalue weighted by atomic mass is 9.97. The Labute approximate surface area is 147 Å². The van der Waals surface area contributed by atoms with Gasteiger partial charge in [-0.05, 0) is 25.0 Å². The third-order valence-electron chi connectivity index (χ3n) is 3.69. The number of nitrogens with zero attached hydrogens (tertiary/aromatic N) is 2. The van der Waals surface area contributed by atoms with Crippen molar-refractivity contribution in [2.45, 2.75) is 19.4 Å². The van der Waals surface area contributed by atoms with Crippen LogP contribution in [0.25, 0.3) is 0 Å². The van der Waals surface area contributed by atoms with Crippen LogP contribution in [0.1, 0.15) is 24.9 Å². The average Bonchev–Trinajstić information content (AvgIpc) is 2.46. The second kappa shape index (κ2) is 9.82. The highest BCUT2D eigenvalue weighted by molar-refractivity contribution is 5.85. The molecule has 0 aliphatic carbocycles. The van der Waals surface area contributed by atoms with Crippen molar-refractivity contribution in [3.8, 4) is 0 Å². The molecular weight excluding hydrogens is 344 g/mol. The van der Waals surface area contributed by atoms with Crippen molar-refractivity contribution in [2.24, 2.45) is 0 Å². The molecule has 1 fully saturated rings. The van der Waals surface area contributed by atoms with Crippen molar-refractivity contribution < 1.29 is 9.31 Å². The normalized spacial score (nSPS) is 15.9. The van der Waals surface area contributed by atoms with E-state index in [1.165, 1.54) is 12.1 Å². The van der Waals surface area contributed by atoms with Crippen LogP contribution in [0, 0.1) is 15.9 Å². The first kappa shape index (κ1) is 21.8. The summed E-state index contributed by atoms with van der Waals surface area (Å²) in [6.45, 7) is 9.38. The molecule has 1 aromatic rings. The summed E-state index contributed by atoms with van der Waals surface area (Å²) in [7, 11) is 0. The van der Waals surface area contributed by atoms with Crippen LogP contribution in [-0.4, -0.2) is 36.0 Å². The lowest BCUT2D eigenvalue weighted by Crippen LogP contribution is -2.45. The molecule has 5 nitrogen and oxygen atoms in total.